The Morgan fingerprint density at radius 3 is 2.18 bits per heavy atom. The van der Waals surface area contributed by atoms with Gasteiger partial charge >= 0.3 is 6.18 Å². The normalized spacial score (nSPS) is 15.0. The van der Waals surface area contributed by atoms with Crippen molar-refractivity contribution < 1.29 is 26.4 Å². The number of anilines is 1. The number of carbonyl (C=O) groups excluding carboxylic acids is 1. The highest BCUT2D eigenvalue weighted by atomic mass is 32.2. The van der Waals surface area contributed by atoms with Crippen LogP contribution in [0.5, 0.6) is 0 Å². The molecule has 0 atom stereocenters. The maximum atomic E-state index is 13.4. The Bertz CT molecular complexity index is 1310. The largest absolute Gasteiger partial charge is 0.416 e. The number of carbonyl (C=O) groups is 1. The SMILES string of the molecule is Cc1cn(-c2ccc(S(C)(=O)=O)cc2C(=O)N2CCN(c3ccc(C(F)(F)F)cc3)CC2)cn1. The van der Waals surface area contributed by atoms with Gasteiger partial charge in [-0.25, -0.2) is 13.4 Å². The molecule has 3 aromatic rings. The predicted octanol–water partition coefficient (Wildman–Crippen LogP) is 3.57. The summed E-state index contributed by atoms with van der Waals surface area (Å²) in [6.45, 7) is 3.35. The van der Waals surface area contributed by atoms with Crippen LogP contribution in [0.25, 0.3) is 5.69 Å². The minimum absolute atomic E-state index is 0.0415. The van der Waals surface area contributed by atoms with Crippen molar-refractivity contribution in [2.24, 2.45) is 0 Å². The number of aromatic nitrogens is 2. The fraction of sp³-hybridized carbons (Fsp3) is 0.304. The molecule has 11 heteroatoms. The number of aryl methyl sites for hydroxylation is 1. The van der Waals surface area contributed by atoms with E-state index in [1.54, 1.807) is 28.1 Å². The lowest BCUT2D eigenvalue weighted by atomic mass is 10.1. The summed E-state index contributed by atoms with van der Waals surface area (Å²) in [7, 11) is -3.53. The molecule has 1 saturated heterocycles. The van der Waals surface area contributed by atoms with Crippen LogP contribution < -0.4 is 4.90 Å². The first-order valence-electron chi connectivity index (χ1n) is 10.5. The molecule has 1 aliphatic heterocycles. The quantitative estimate of drug-likeness (QED) is 0.557. The fourth-order valence-corrected chi connectivity index (χ4v) is 4.54. The molecule has 0 bridgehead atoms. The van der Waals surface area contributed by atoms with Crippen molar-refractivity contribution in [3.05, 3.63) is 71.8 Å². The van der Waals surface area contributed by atoms with Crippen LogP contribution in [0.2, 0.25) is 0 Å². The van der Waals surface area contributed by atoms with Crippen molar-refractivity contribution in [3.63, 3.8) is 0 Å². The highest BCUT2D eigenvalue weighted by Gasteiger charge is 2.31. The number of sulfone groups is 1. The van der Waals surface area contributed by atoms with Gasteiger partial charge in [-0.05, 0) is 49.4 Å². The Morgan fingerprint density at radius 1 is 1.00 bits per heavy atom. The molecule has 0 aliphatic carbocycles. The van der Waals surface area contributed by atoms with E-state index in [2.05, 4.69) is 4.98 Å². The number of rotatable bonds is 4. The molecule has 1 amide bonds. The second-order valence-electron chi connectivity index (χ2n) is 8.20. The standard InChI is InChI=1S/C23H23F3N4O3S/c1-16-14-30(15-27-16)21-8-7-19(34(2,32)33)13-20(21)22(31)29-11-9-28(10-12-29)18-5-3-17(4-6-18)23(24,25)26/h3-8,13-15H,9-12H2,1-2H3. The van der Waals surface area contributed by atoms with Crippen molar-refractivity contribution in [3.8, 4) is 5.69 Å². The van der Waals surface area contributed by atoms with Crippen LogP contribution in [0.3, 0.4) is 0 Å². The van der Waals surface area contributed by atoms with E-state index < -0.39 is 21.6 Å². The minimum atomic E-state index is -4.39. The molecule has 1 aromatic heterocycles. The van der Waals surface area contributed by atoms with Crippen LogP contribution in [0, 0.1) is 6.92 Å². The van der Waals surface area contributed by atoms with E-state index in [0.29, 0.717) is 37.6 Å². The highest BCUT2D eigenvalue weighted by Crippen LogP contribution is 2.31. The third-order valence-electron chi connectivity index (χ3n) is 5.74. The number of benzene rings is 2. The molecule has 180 valence electrons. The Balaban J connectivity index is 1.55. The van der Waals surface area contributed by atoms with E-state index >= 15 is 0 Å². The van der Waals surface area contributed by atoms with Gasteiger partial charge in [-0.1, -0.05) is 0 Å². The third kappa shape index (κ3) is 4.93. The fourth-order valence-electron chi connectivity index (χ4n) is 3.89. The second-order valence-corrected chi connectivity index (χ2v) is 10.2. The highest BCUT2D eigenvalue weighted by molar-refractivity contribution is 7.90. The number of piperazine rings is 1. The van der Waals surface area contributed by atoms with Gasteiger partial charge in [0.1, 0.15) is 0 Å². The van der Waals surface area contributed by atoms with Crippen molar-refractivity contribution in [2.45, 2.75) is 18.0 Å². The molecular weight excluding hydrogens is 469 g/mol. The van der Waals surface area contributed by atoms with Crippen LogP contribution in [-0.2, 0) is 16.0 Å². The number of alkyl halides is 3. The van der Waals surface area contributed by atoms with Gasteiger partial charge in [-0.3, -0.25) is 4.79 Å². The summed E-state index contributed by atoms with van der Waals surface area (Å²) in [6, 6.07) is 9.36. The number of nitrogens with zero attached hydrogens (tertiary/aromatic N) is 4. The summed E-state index contributed by atoms with van der Waals surface area (Å²) >= 11 is 0. The van der Waals surface area contributed by atoms with E-state index in [1.165, 1.54) is 24.3 Å². The van der Waals surface area contributed by atoms with Gasteiger partial charge in [0.15, 0.2) is 9.84 Å². The van der Waals surface area contributed by atoms with Gasteiger partial charge in [0.05, 0.1) is 33.7 Å². The zero-order valence-corrected chi connectivity index (χ0v) is 19.4. The number of halogens is 3. The molecular formula is C23H23F3N4O3S. The molecule has 34 heavy (non-hydrogen) atoms. The van der Waals surface area contributed by atoms with Gasteiger partial charge in [-0.2, -0.15) is 13.2 Å². The van der Waals surface area contributed by atoms with E-state index in [0.717, 1.165) is 24.1 Å². The molecule has 1 aliphatic rings. The maximum Gasteiger partial charge on any atom is 0.416 e. The van der Waals surface area contributed by atoms with Crippen LogP contribution in [0.4, 0.5) is 18.9 Å². The number of imidazole rings is 1. The van der Waals surface area contributed by atoms with E-state index in [4.69, 9.17) is 0 Å². The van der Waals surface area contributed by atoms with E-state index in [1.807, 2.05) is 11.8 Å². The molecule has 0 saturated carbocycles. The number of amides is 1. The van der Waals surface area contributed by atoms with Gasteiger partial charge in [0, 0.05) is 44.3 Å². The average Bonchev–Trinajstić information content (AvgIpc) is 3.23. The summed E-state index contributed by atoms with van der Waals surface area (Å²) in [4.78, 5) is 21.2. The molecule has 4 rings (SSSR count). The summed E-state index contributed by atoms with van der Waals surface area (Å²) in [6.07, 6.45) is -0.00497. The average molecular weight is 493 g/mol. The molecule has 2 aromatic carbocycles. The number of hydrogen-bond acceptors (Lipinski definition) is 5. The Labute approximate surface area is 195 Å². The molecule has 0 spiro atoms. The number of hydrogen-bond donors (Lipinski definition) is 0. The topological polar surface area (TPSA) is 75.5 Å². The lowest BCUT2D eigenvalue weighted by molar-refractivity contribution is -0.137. The smallest absolute Gasteiger partial charge is 0.368 e. The zero-order chi connectivity index (χ0) is 24.7. The van der Waals surface area contributed by atoms with Crippen molar-refractivity contribution in [1.82, 2.24) is 14.5 Å². The molecule has 2 heterocycles. The Kier molecular flexibility index (Phi) is 6.15. The first-order chi connectivity index (χ1) is 15.9. The first-order valence-corrected chi connectivity index (χ1v) is 12.4. The van der Waals surface area contributed by atoms with Gasteiger partial charge in [-0.15, -0.1) is 0 Å². The van der Waals surface area contributed by atoms with Crippen LogP contribution in [0.15, 0.2) is 59.9 Å². The van der Waals surface area contributed by atoms with Gasteiger partial charge in [0.25, 0.3) is 5.91 Å². The molecule has 0 N–H and O–H groups in total. The maximum absolute atomic E-state index is 13.4. The lowest BCUT2D eigenvalue weighted by Crippen LogP contribution is -2.49. The molecule has 0 unspecified atom stereocenters. The summed E-state index contributed by atoms with van der Waals surface area (Å²) in [5.74, 6) is -0.320. The first kappa shape index (κ1) is 23.8. The zero-order valence-electron chi connectivity index (χ0n) is 18.6. The Hall–Kier alpha value is -3.34. The van der Waals surface area contributed by atoms with Crippen LogP contribution in [0.1, 0.15) is 21.6 Å². The van der Waals surface area contributed by atoms with Crippen molar-refractivity contribution in [1.29, 1.82) is 0 Å². The summed E-state index contributed by atoms with van der Waals surface area (Å²) in [5.41, 5.74) is 1.44. The summed E-state index contributed by atoms with van der Waals surface area (Å²) < 4.78 is 64.3. The van der Waals surface area contributed by atoms with Crippen LogP contribution in [-0.4, -0.2) is 61.2 Å². The molecule has 0 radical (unpaired) electrons. The van der Waals surface area contributed by atoms with Crippen molar-refractivity contribution in [2.75, 3.05) is 37.3 Å². The van der Waals surface area contributed by atoms with E-state index in [9.17, 15) is 26.4 Å². The van der Waals surface area contributed by atoms with Gasteiger partial charge < -0.3 is 14.4 Å². The Morgan fingerprint density at radius 2 is 1.65 bits per heavy atom. The van der Waals surface area contributed by atoms with E-state index in [-0.39, 0.29) is 16.4 Å². The van der Waals surface area contributed by atoms with Crippen molar-refractivity contribution >= 4 is 21.4 Å². The van der Waals surface area contributed by atoms with Crippen LogP contribution >= 0.6 is 0 Å². The summed E-state index contributed by atoms with van der Waals surface area (Å²) in [5, 5.41) is 0. The van der Waals surface area contributed by atoms with Gasteiger partial charge in [0.2, 0.25) is 0 Å². The molecule has 7 nitrogen and oxygen atoms in total. The monoisotopic (exact) mass is 492 g/mol. The lowest BCUT2D eigenvalue weighted by Gasteiger charge is -2.36. The second kappa shape index (κ2) is 8.79. The minimum Gasteiger partial charge on any atom is -0.368 e. The molecule has 1 fully saturated rings. The predicted molar refractivity (Wildman–Crippen MR) is 121 cm³/mol. The third-order valence-corrected chi connectivity index (χ3v) is 6.85.